The molecule has 0 atom stereocenters. The largest absolute Gasteiger partial charge is 0.264 e. The summed E-state index contributed by atoms with van der Waals surface area (Å²) in [6, 6.07) is 36.2. The lowest BCUT2D eigenvalue weighted by Crippen LogP contribution is -1.97. The van der Waals surface area contributed by atoms with Crippen molar-refractivity contribution < 1.29 is 0 Å². The number of hydrogen-bond donors (Lipinski definition) is 0. The summed E-state index contributed by atoms with van der Waals surface area (Å²) >= 11 is 0. The molecule has 2 heterocycles. The molecule has 204 valence electrons. The molecule has 0 saturated heterocycles. The fourth-order valence-electron chi connectivity index (χ4n) is 6.33. The Morgan fingerprint density at radius 2 is 1.40 bits per heavy atom. The van der Waals surface area contributed by atoms with Crippen molar-refractivity contribution in [3.05, 3.63) is 157 Å². The molecule has 0 unspecified atom stereocenters. The maximum Gasteiger partial charge on any atom is 0.160 e. The molecule has 2 aliphatic rings. The van der Waals surface area contributed by atoms with Crippen molar-refractivity contribution in [1.29, 1.82) is 0 Å². The van der Waals surface area contributed by atoms with Crippen molar-refractivity contribution in [1.82, 2.24) is 15.0 Å². The average molecular weight is 552 g/mol. The van der Waals surface area contributed by atoms with Crippen LogP contribution < -0.4 is 0 Å². The zero-order chi connectivity index (χ0) is 28.6. The molecule has 43 heavy (non-hydrogen) atoms. The van der Waals surface area contributed by atoms with Crippen molar-refractivity contribution in [3.63, 3.8) is 0 Å². The SMILES string of the molecule is C1=CC(/C=C2/Cc3cnccc3-c3cc(-c4nc(-c5ccccc5)cc(-c5ccccc5)n4)cc4cccc2c34)=CCC1. The van der Waals surface area contributed by atoms with Gasteiger partial charge in [0.05, 0.1) is 11.4 Å². The zero-order valence-corrected chi connectivity index (χ0v) is 23.7. The van der Waals surface area contributed by atoms with Crippen LogP contribution in [-0.2, 0) is 6.42 Å². The topological polar surface area (TPSA) is 38.7 Å². The normalized spacial score (nSPS) is 14.8. The molecule has 3 heteroatoms. The standard InChI is InChI=1S/C40H29N3/c1-4-11-27(12-5-1)21-31-23-33-26-41-20-19-34(33)36-24-32(22-30-17-10-18-35(31)39(30)36)40-42-37(28-13-6-2-7-14-28)25-38(43-40)29-15-8-3-9-16-29/h2-4,6-22,24-26H,1,5,23H2/b31-21-. The highest BCUT2D eigenvalue weighted by Crippen LogP contribution is 2.43. The van der Waals surface area contributed by atoms with Crippen LogP contribution in [0.15, 0.2) is 145 Å². The molecule has 3 nitrogen and oxygen atoms in total. The van der Waals surface area contributed by atoms with Gasteiger partial charge in [-0.1, -0.05) is 103 Å². The zero-order valence-electron chi connectivity index (χ0n) is 23.7. The van der Waals surface area contributed by atoms with Gasteiger partial charge in [0, 0.05) is 35.5 Å². The average Bonchev–Trinajstić information content (AvgIpc) is 3.21. The Balaban J connectivity index is 1.38. The highest BCUT2D eigenvalue weighted by Gasteiger charge is 2.22. The molecule has 0 radical (unpaired) electrons. The first kappa shape index (κ1) is 25.3. The van der Waals surface area contributed by atoms with E-state index in [4.69, 9.17) is 9.97 Å². The van der Waals surface area contributed by atoms with E-state index in [1.807, 2.05) is 24.5 Å². The van der Waals surface area contributed by atoms with E-state index in [1.165, 1.54) is 44.2 Å². The fraction of sp³-hybridized carbons (Fsp3) is 0.0750. The Morgan fingerprint density at radius 1 is 0.628 bits per heavy atom. The third kappa shape index (κ3) is 4.79. The van der Waals surface area contributed by atoms with Gasteiger partial charge in [-0.05, 0) is 81.3 Å². The number of pyridine rings is 1. The first-order valence-electron chi connectivity index (χ1n) is 14.9. The number of nitrogens with zero attached hydrogens (tertiary/aromatic N) is 3. The van der Waals surface area contributed by atoms with E-state index in [9.17, 15) is 0 Å². The third-order valence-electron chi connectivity index (χ3n) is 8.39. The van der Waals surface area contributed by atoms with Gasteiger partial charge in [-0.3, -0.25) is 4.98 Å². The highest BCUT2D eigenvalue weighted by atomic mass is 14.9. The summed E-state index contributed by atoms with van der Waals surface area (Å²) in [5.41, 5.74) is 12.5. The van der Waals surface area contributed by atoms with E-state index in [1.54, 1.807) is 0 Å². The monoisotopic (exact) mass is 551 g/mol. The fourth-order valence-corrected chi connectivity index (χ4v) is 6.33. The second-order valence-electron chi connectivity index (χ2n) is 11.2. The minimum atomic E-state index is 0.719. The molecule has 6 aromatic rings. The lowest BCUT2D eigenvalue weighted by atomic mass is 9.91. The van der Waals surface area contributed by atoms with Crippen LogP contribution in [0, 0.1) is 0 Å². The molecule has 0 spiro atoms. The summed E-state index contributed by atoms with van der Waals surface area (Å²) in [6.45, 7) is 0. The van der Waals surface area contributed by atoms with Gasteiger partial charge in [-0.25, -0.2) is 9.97 Å². The third-order valence-corrected chi connectivity index (χ3v) is 8.39. The van der Waals surface area contributed by atoms with Crippen molar-refractivity contribution in [2.75, 3.05) is 0 Å². The summed E-state index contributed by atoms with van der Waals surface area (Å²) in [4.78, 5) is 14.8. The second kappa shape index (κ2) is 10.8. The van der Waals surface area contributed by atoms with Crippen LogP contribution in [0.25, 0.3) is 61.4 Å². The highest BCUT2D eigenvalue weighted by molar-refractivity contribution is 6.08. The van der Waals surface area contributed by atoms with Crippen molar-refractivity contribution in [2.45, 2.75) is 19.3 Å². The lowest BCUT2D eigenvalue weighted by molar-refractivity contribution is 1.02. The molecule has 0 N–H and O–H groups in total. The van der Waals surface area contributed by atoms with Crippen LogP contribution in [-0.4, -0.2) is 15.0 Å². The number of fused-ring (bicyclic) bond motifs is 2. The quantitative estimate of drug-likeness (QED) is 0.219. The summed E-state index contributed by atoms with van der Waals surface area (Å²) in [6.07, 6.45) is 16.2. The van der Waals surface area contributed by atoms with Gasteiger partial charge in [0.25, 0.3) is 0 Å². The van der Waals surface area contributed by atoms with Crippen LogP contribution in [0.2, 0.25) is 0 Å². The number of allylic oxidation sites excluding steroid dienone is 6. The van der Waals surface area contributed by atoms with E-state index in [2.05, 4.69) is 120 Å². The Labute approximate surface area is 251 Å². The molecule has 0 amide bonds. The van der Waals surface area contributed by atoms with Gasteiger partial charge in [-0.15, -0.1) is 0 Å². The lowest BCUT2D eigenvalue weighted by Gasteiger charge is -2.14. The first-order valence-corrected chi connectivity index (χ1v) is 14.9. The van der Waals surface area contributed by atoms with Crippen molar-refractivity contribution >= 4 is 16.3 Å². The number of aromatic nitrogens is 3. The van der Waals surface area contributed by atoms with Gasteiger partial charge in [0.1, 0.15) is 0 Å². The Kier molecular flexibility index (Phi) is 6.34. The number of rotatable bonds is 4. The molecule has 8 rings (SSSR count). The van der Waals surface area contributed by atoms with Crippen molar-refractivity contribution in [2.24, 2.45) is 0 Å². The van der Waals surface area contributed by atoms with Crippen LogP contribution in [0.5, 0.6) is 0 Å². The Morgan fingerprint density at radius 3 is 2.12 bits per heavy atom. The second-order valence-corrected chi connectivity index (χ2v) is 11.2. The smallest absolute Gasteiger partial charge is 0.160 e. The molecular formula is C40H29N3. The van der Waals surface area contributed by atoms with Gasteiger partial charge in [-0.2, -0.15) is 0 Å². The van der Waals surface area contributed by atoms with E-state index < -0.39 is 0 Å². The molecule has 0 saturated carbocycles. The molecule has 0 aliphatic heterocycles. The van der Waals surface area contributed by atoms with E-state index in [-0.39, 0.29) is 0 Å². The van der Waals surface area contributed by atoms with E-state index >= 15 is 0 Å². The summed E-state index contributed by atoms with van der Waals surface area (Å²) in [5.74, 6) is 0.719. The van der Waals surface area contributed by atoms with Gasteiger partial charge in [0.15, 0.2) is 5.82 Å². The van der Waals surface area contributed by atoms with Crippen LogP contribution in [0.1, 0.15) is 24.0 Å². The minimum absolute atomic E-state index is 0.719. The van der Waals surface area contributed by atoms with E-state index in [0.717, 1.165) is 53.2 Å². The summed E-state index contributed by atoms with van der Waals surface area (Å²) in [5, 5.41) is 2.45. The van der Waals surface area contributed by atoms with Gasteiger partial charge >= 0.3 is 0 Å². The molecule has 4 aromatic carbocycles. The van der Waals surface area contributed by atoms with Crippen LogP contribution in [0.3, 0.4) is 0 Å². The van der Waals surface area contributed by atoms with Crippen LogP contribution >= 0.6 is 0 Å². The molecule has 0 bridgehead atoms. The first-order chi connectivity index (χ1) is 21.3. The number of hydrogen-bond acceptors (Lipinski definition) is 3. The predicted octanol–water partition coefficient (Wildman–Crippen LogP) is 9.91. The Bertz CT molecular complexity index is 2030. The molecule has 2 aliphatic carbocycles. The number of benzene rings is 4. The molecule has 0 fully saturated rings. The molecule has 2 aromatic heterocycles. The van der Waals surface area contributed by atoms with Crippen molar-refractivity contribution in [3.8, 4) is 45.0 Å². The maximum atomic E-state index is 5.14. The van der Waals surface area contributed by atoms with E-state index in [0.29, 0.717) is 0 Å². The minimum Gasteiger partial charge on any atom is -0.264 e. The van der Waals surface area contributed by atoms with Gasteiger partial charge in [0.2, 0.25) is 0 Å². The maximum absolute atomic E-state index is 5.14. The van der Waals surface area contributed by atoms with Gasteiger partial charge < -0.3 is 0 Å². The predicted molar refractivity (Wildman–Crippen MR) is 177 cm³/mol. The summed E-state index contributed by atoms with van der Waals surface area (Å²) < 4.78 is 0. The van der Waals surface area contributed by atoms with Crippen LogP contribution in [0.4, 0.5) is 0 Å². The summed E-state index contributed by atoms with van der Waals surface area (Å²) in [7, 11) is 0. The Hall–Kier alpha value is -5.41. The molecular weight excluding hydrogens is 522 g/mol.